The highest BCUT2D eigenvalue weighted by molar-refractivity contribution is 9.10. The number of nitrogens with zero attached hydrogens (tertiary/aromatic N) is 1. The highest BCUT2D eigenvalue weighted by Crippen LogP contribution is 2.15. The summed E-state index contributed by atoms with van der Waals surface area (Å²) in [7, 11) is 0. The van der Waals surface area contributed by atoms with Gasteiger partial charge < -0.3 is 5.32 Å². The zero-order valence-corrected chi connectivity index (χ0v) is 11.4. The van der Waals surface area contributed by atoms with Gasteiger partial charge in [0.05, 0.1) is 4.32 Å². The van der Waals surface area contributed by atoms with Gasteiger partial charge in [0.15, 0.2) is 0 Å². The van der Waals surface area contributed by atoms with E-state index >= 15 is 0 Å². The summed E-state index contributed by atoms with van der Waals surface area (Å²) in [5.74, 6) is -0.00377. The van der Waals surface area contributed by atoms with Crippen molar-refractivity contribution in [2.45, 2.75) is 37.6 Å². The van der Waals surface area contributed by atoms with Gasteiger partial charge in [0, 0.05) is 24.4 Å². The number of amides is 1. The Morgan fingerprint density at radius 2 is 2.25 bits per heavy atom. The van der Waals surface area contributed by atoms with E-state index in [1.54, 1.807) is 6.20 Å². The molecule has 1 aromatic heterocycles. The molecule has 0 spiro atoms. The summed E-state index contributed by atoms with van der Waals surface area (Å²) in [6.07, 6.45) is 2.51. The lowest BCUT2D eigenvalue weighted by Crippen LogP contribution is -2.43. The van der Waals surface area contributed by atoms with Crippen molar-refractivity contribution in [3.05, 3.63) is 30.1 Å². The molecule has 1 amide bonds. The molecule has 0 aliphatic heterocycles. The molecule has 1 aromatic rings. The SMILES string of the molecule is CC(Cc1ccccn1)NC(=O)C(C)(C)Br. The Morgan fingerprint density at radius 3 is 2.75 bits per heavy atom. The minimum Gasteiger partial charge on any atom is -0.352 e. The van der Waals surface area contributed by atoms with Crippen LogP contribution >= 0.6 is 15.9 Å². The molecule has 88 valence electrons. The van der Waals surface area contributed by atoms with E-state index in [0.717, 1.165) is 12.1 Å². The van der Waals surface area contributed by atoms with Crippen LogP contribution in [-0.4, -0.2) is 21.3 Å². The molecule has 0 aliphatic carbocycles. The molecule has 3 nitrogen and oxygen atoms in total. The molecule has 0 fully saturated rings. The maximum absolute atomic E-state index is 11.7. The first-order valence-corrected chi connectivity index (χ1v) is 6.08. The average Bonchev–Trinajstić information content (AvgIpc) is 2.17. The number of carbonyl (C=O) groups excluding carboxylic acids is 1. The average molecular weight is 285 g/mol. The number of rotatable bonds is 4. The van der Waals surface area contributed by atoms with Crippen molar-refractivity contribution in [1.82, 2.24) is 10.3 Å². The van der Waals surface area contributed by atoms with Gasteiger partial charge in [0.2, 0.25) is 5.91 Å². The zero-order chi connectivity index (χ0) is 12.2. The van der Waals surface area contributed by atoms with Crippen LogP contribution in [0, 0.1) is 0 Å². The monoisotopic (exact) mass is 284 g/mol. The lowest BCUT2D eigenvalue weighted by molar-refractivity contribution is -0.123. The molecule has 1 atom stereocenters. The smallest absolute Gasteiger partial charge is 0.236 e. The number of carbonyl (C=O) groups is 1. The predicted molar refractivity (Wildman–Crippen MR) is 68.6 cm³/mol. The second-order valence-corrected chi connectivity index (χ2v) is 6.35. The molecule has 0 aromatic carbocycles. The fourth-order valence-electron chi connectivity index (χ4n) is 1.28. The quantitative estimate of drug-likeness (QED) is 0.862. The van der Waals surface area contributed by atoms with Gasteiger partial charge in [-0.3, -0.25) is 9.78 Å². The van der Waals surface area contributed by atoms with Gasteiger partial charge in [-0.2, -0.15) is 0 Å². The summed E-state index contributed by atoms with van der Waals surface area (Å²) in [5, 5.41) is 2.94. The summed E-state index contributed by atoms with van der Waals surface area (Å²) in [4.78, 5) is 15.9. The van der Waals surface area contributed by atoms with Gasteiger partial charge in [-0.1, -0.05) is 22.0 Å². The van der Waals surface area contributed by atoms with Crippen LogP contribution in [0.4, 0.5) is 0 Å². The molecule has 0 bridgehead atoms. The summed E-state index contributed by atoms with van der Waals surface area (Å²) in [6.45, 7) is 5.64. The Bertz CT molecular complexity index is 346. The lowest BCUT2D eigenvalue weighted by Gasteiger charge is -2.20. The number of halogens is 1. The third-order valence-corrected chi connectivity index (χ3v) is 2.52. The van der Waals surface area contributed by atoms with Crippen LogP contribution in [0.5, 0.6) is 0 Å². The van der Waals surface area contributed by atoms with Gasteiger partial charge >= 0.3 is 0 Å². The highest BCUT2D eigenvalue weighted by atomic mass is 79.9. The van der Waals surface area contributed by atoms with Crippen molar-refractivity contribution < 1.29 is 4.79 Å². The molecule has 0 saturated carbocycles. The third kappa shape index (κ3) is 4.31. The molecule has 0 radical (unpaired) electrons. The number of nitrogens with one attached hydrogen (secondary N) is 1. The normalized spacial score (nSPS) is 13.2. The Labute approximate surface area is 105 Å². The number of alkyl halides is 1. The van der Waals surface area contributed by atoms with E-state index in [1.165, 1.54) is 0 Å². The molecule has 1 N–H and O–H groups in total. The zero-order valence-electron chi connectivity index (χ0n) is 9.83. The van der Waals surface area contributed by atoms with Crippen molar-refractivity contribution in [3.63, 3.8) is 0 Å². The van der Waals surface area contributed by atoms with E-state index in [4.69, 9.17) is 0 Å². The molecule has 0 aliphatic rings. The Morgan fingerprint density at radius 1 is 1.56 bits per heavy atom. The maximum Gasteiger partial charge on any atom is 0.236 e. The second kappa shape index (κ2) is 5.43. The largest absolute Gasteiger partial charge is 0.352 e. The van der Waals surface area contributed by atoms with E-state index in [0.29, 0.717) is 0 Å². The van der Waals surface area contributed by atoms with Crippen LogP contribution in [0.2, 0.25) is 0 Å². The molecule has 16 heavy (non-hydrogen) atoms. The van der Waals surface area contributed by atoms with Gasteiger partial charge in [0.1, 0.15) is 0 Å². The van der Waals surface area contributed by atoms with Gasteiger partial charge in [-0.15, -0.1) is 0 Å². The van der Waals surface area contributed by atoms with Gasteiger partial charge in [0.25, 0.3) is 0 Å². The summed E-state index contributed by atoms with van der Waals surface area (Å²) in [5.41, 5.74) is 0.989. The first kappa shape index (κ1) is 13.2. The molecular weight excluding hydrogens is 268 g/mol. The summed E-state index contributed by atoms with van der Waals surface area (Å²) in [6, 6.07) is 5.88. The van der Waals surface area contributed by atoms with Crippen molar-refractivity contribution in [2.24, 2.45) is 0 Å². The molecule has 1 unspecified atom stereocenters. The van der Waals surface area contributed by atoms with Crippen molar-refractivity contribution in [2.75, 3.05) is 0 Å². The van der Waals surface area contributed by atoms with Crippen LogP contribution in [0.1, 0.15) is 26.5 Å². The van der Waals surface area contributed by atoms with E-state index in [2.05, 4.69) is 26.2 Å². The lowest BCUT2D eigenvalue weighted by atomic mass is 10.1. The number of aromatic nitrogens is 1. The van der Waals surface area contributed by atoms with Crippen LogP contribution in [0.3, 0.4) is 0 Å². The third-order valence-electron chi connectivity index (χ3n) is 2.16. The number of hydrogen-bond donors (Lipinski definition) is 1. The molecule has 1 heterocycles. The van der Waals surface area contributed by atoms with Crippen LogP contribution in [-0.2, 0) is 11.2 Å². The maximum atomic E-state index is 11.7. The Kier molecular flexibility index (Phi) is 4.47. The minimum atomic E-state index is -0.522. The van der Waals surface area contributed by atoms with Crippen molar-refractivity contribution in [3.8, 4) is 0 Å². The van der Waals surface area contributed by atoms with Crippen LogP contribution < -0.4 is 5.32 Å². The molecule has 1 rings (SSSR count). The van der Waals surface area contributed by atoms with Crippen LogP contribution in [0.15, 0.2) is 24.4 Å². The second-order valence-electron chi connectivity index (χ2n) is 4.37. The van der Waals surface area contributed by atoms with E-state index in [1.807, 2.05) is 39.0 Å². The highest BCUT2D eigenvalue weighted by Gasteiger charge is 2.24. The van der Waals surface area contributed by atoms with E-state index in [-0.39, 0.29) is 11.9 Å². The fraction of sp³-hybridized carbons (Fsp3) is 0.500. The van der Waals surface area contributed by atoms with Crippen molar-refractivity contribution >= 4 is 21.8 Å². The van der Waals surface area contributed by atoms with E-state index in [9.17, 15) is 4.79 Å². The summed E-state index contributed by atoms with van der Waals surface area (Å²) >= 11 is 3.33. The van der Waals surface area contributed by atoms with E-state index < -0.39 is 4.32 Å². The number of hydrogen-bond acceptors (Lipinski definition) is 2. The first-order chi connectivity index (χ1) is 7.39. The molecule has 4 heteroatoms. The minimum absolute atomic E-state index is 0.00377. The Hall–Kier alpha value is -0.900. The van der Waals surface area contributed by atoms with Gasteiger partial charge in [-0.25, -0.2) is 0 Å². The molecular formula is C12H17BrN2O. The van der Waals surface area contributed by atoms with Gasteiger partial charge in [-0.05, 0) is 32.9 Å². The van der Waals surface area contributed by atoms with Crippen LogP contribution in [0.25, 0.3) is 0 Å². The fourth-order valence-corrected chi connectivity index (χ4v) is 1.39. The Balaban J connectivity index is 2.49. The predicted octanol–water partition coefficient (Wildman–Crippen LogP) is 2.30. The molecule has 0 saturated heterocycles. The summed E-state index contributed by atoms with van der Waals surface area (Å²) < 4.78 is -0.522. The number of pyridine rings is 1. The van der Waals surface area contributed by atoms with Crippen molar-refractivity contribution in [1.29, 1.82) is 0 Å². The topological polar surface area (TPSA) is 42.0 Å². The first-order valence-electron chi connectivity index (χ1n) is 5.29. The standard InChI is InChI=1S/C12H17BrN2O/c1-9(15-11(16)12(2,3)13)8-10-6-4-5-7-14-10/h4-7,9H,8H2,1-3H3,(H,15,16).